The molecule has 0 amide bonds. The highest BCUT2D eigenvalue weighted by atomic mass is 32.2. The van der Waals surface area contributed by atoms with E-state index < -0.39 is 10.0 Å². The number of aryl methyl sites for hydroxylation is 2. The Labute approximate surface area is 148 Å². The molecular weight excluding hydrogens is 340 g/mol. The van der Waals surface area contributed by atoms with E-state index in [0.29, 0.717) is 16.1 Å². The molecule has 0 radical (unpaired) electrons. The van der Waals surface area contributed by atoms with Gasteiger partial charge in [-0.05, 0) is 56.0 Å². The van der Waals surface area contributed by atoms with Crippen molar-refractivity contribution in [2.24, 2.45) is 0 Å². The van der Waals surface area contributed by atoms with E-state index in [2.05, 4.69) is 4.98 Å². The third-order valence-corrected chi connectivity index (χ3v) is 6.77. The van der Waals surface area contributed by atoms with E-state index in [-0.39, 0.29) is 6.04 Å². The van der Waals surface area contributed by atoms with Gasteiger partial charge in [0.2, 0.25) is 10.0 Å². The second kappa shape index (κ2) is 6.78. The predicted molar refractivity (Wildman–Crippen MR) is 98.0 cm³/mol. The molecule has 1 aromatic carbocycles. The van der Waals surface area contributed by atoms with Gasteiger partial charge in [-0.3, -0.25) is 0 Å². The normalized spacial score (nSPS) is 19.3. The Kier molecular flexibility index (Phi) is 4.90. The highest BCUT2D eigenvalue weighted by Gasteiger charge is 2.35. The van der Waals surface area contributed by atoms with Crippen LogP contribution in [0.5, 0.6) is 0 Å². The van der Waals surface area contributed by atoms with Gasteiger partial charge in [0.15, 0.2) is 0 Å². The molecule has 0 bridgehead atoms. The maximum Gasteiger partial charge on any atom is 0.243 e. The van der Waals surface area contributed by atoms with Crippen LogP contribution in [0, 0.1) is 18.5 Å². The first-order chi connectivity index (χ1) is 11.4. The Bertz CT molecular complexity index is 886. The zero-order chi connectivity index (χ0) is 17.3. The number of aromatic nitrogens is 1. The van der Waals surface area contributed by atoms with E-state index >= 15 is 0 Å². The van der Waals surface area contributed by atoms with Crippen LogP contribution in [0.3, 0.4) is 0 Å². The number of rotatable bonds is 3. The Morgan fingerprint density at radius 3 is 2.54 bits per heavy atom. The van der Waals surface area contributed by atoms with Crippen molar-refractivity contribution in [3.63, 3.8) is 0 Å². The highest BCUT2D eigenvalue weighted by Crippen LogP contribution is 2.36. The van der Waals surface area contributed by atoms with Crippen LogP contribution in [-0.2, 0) is 10.0 Å². The summed E-state index contributed by atoms with van der Waals surface area (Å²) in [5.74, 6) is 0. The highest BCUT2D eigenvalue weighted by molar-refractivity contribution is 7.89. The van der Waals surface area contributed by atoms with Crippen molar-refractivity contribution in [1.82, 2.24) is 9.29 Å². The van der Waals surface area contributed by atoms with Gasteiger partial charge < -0.3 is 4.98 Å². The van der Waals surface area contributed by atoms with E-state index in [1.54, 1.807) is 16.4 Å². The second-order valence-corrected chi connectivity index (χ2v) is 8.71. The summed E-state index contributed by atoms with van der Waals surface area (Å²) in [6.45, 7) is 4.50. The average Bonchev–Trinajstić information content (AvgIpc) is 2.55. The van der Waals surface area contributed by atoms with Crippen LogP contribution in [0.1, 0.15) is 42.0 Å². The maximum atomic E-state index is 13.2. The van der Waals surface area contributed by atoms with E-state index in [9.17, 15) is 8.42 Å². The molecule has 4 nitrogen and oxygen atoms in total. The minimum absolute atomic E-state index is 0.142. The summed E-state index contributed by atoms with van der Waals surface area (Å²) in [7, 11) is -3.51. The van der Waals surface area contributed by atoms with Gasteiger partial charge in [0.25, 0.3) is 0 Å². The van der Waals surface area contributed by atoms with Crippen molar-refractivity contribution in [2.75, 3.05) is 6.54 Å². The number of pyridine rings is 1. The lowest BCUT2D eigenvalue weighted by Crippen LogP contribution is -2.38. The zero-order valence-corrected chi connectivity index (χ0v) is 15.6. The smallest absolute Gasteiger partial charge is 0.243 e. The fourth-order valence-electron chi connectivity index (χ4n) is 3.29. The molecule has 0 spiro atoms. The molecular formula is C18H22N2O2S2. The molecule has 1 atom stereocenters. The Morgan fingerprint density at radius 1 is 1.17 bits per heavy atom. The van der Waals surface area contributed by atoms with Gasteiger partial charge in [0, 0.05) is 12.7 Å². The largest absolute Gasteiger partial charge is 0.353 e. The summed E-state index contributed by atoms with van der Waals surface area (Å²) in [6.07, 6.45) is 4.62. The van der Waals surface area contributed by atoms with Crippen LogP contribution in [0.15, 0.2) is 41.4 Å². The van der Waals surface area contributed by atoms with Gasteiger partial charge in [-0.15, -0.1) is 0 Å². The van der Waals surface area contributed by atoms with E-state index in [1.165, 1.54) is 0 Å². The molecule has 0 aliphatic carbocycles. The number of hydrogen-bond acceptors (Lipinski definition) is 3. The van der Waals surface area contributed by atoms with Gasteiger partial charge in [-0.25, -0.2) is 8.42 Å². The number of nitrogens with one attached hydrogen (secondary N) is 1. The number of hydrogen-bond donors (Lipinski definition) is 1. The number of aromatic amines is 1. The van der Waals surface area contributed by atoms with Crippen LogP contribution in [0.25, 0.3) is 0 Å². The molecule has 1 fully saturated rings. The van der Waals surface area contributed by atoms with Gasteiger partial charge in [0.1, 0.15) is 4.64 Å². The molecule has 0 unspecified atom stereocenters. The van der Waals surface area contributed by atoms with E-state index in [1.807, 2.05) is 38.2 Å². The number of piperidine rings is 1. The molecule has 0 saturated carbocycles. The van der Waals surface area contributed by atoms with E-state index in [0.717, 1.165) is 36.0 Å². The van der Waals surface area contributed by atoms with Crippen molar-refractivity contribution < 1.29 is 8.42 Å². The third-order valence-electron chi connectivity index (χ3n) is 4.61. The van der Waals surface area contributed by atoms with Crippen LogP contribution in [0.4, 0.5) is 0 Å². The molecule has 1 saturated heterocycles. The lowest BCUT2D eigenvalue weighted by Gasteiger charge is -2.35. The average molecular weight is 363 g/mol. The van der Waals surface area contributed by atoms with Gasteiger partial charge in [-0.1, -0.05) is 36.3 Å². The number of sulfonamides is 1. The van der Waals surface area contributed by atoms with Crippen LogP contribution < -0.4 is 0 Å². The standard InChI is InChI=1S/C18H22N2O2S2/c1-13-6-8-15(9-7-13)24(21,22)20-10-4-3-5-17(20)16-12-19-18(23)11-14(16)2/h6-9,11-12,17H,3-5,10H2,1-2H3,(H,19,23)/t17-/m1/s1. The molecule has 6 heteroatoms. The zero-order valence-electron chi connectivity index (χ0n) is 14.0. The molecule has 1 N–H and O–H groups in total. The fourth-order valence-corrected chi connectivity index (χ4v) is 5.20. The maximum absolute atomic E-state index is 13.2. The molecule has 2 heterocycles. The molecule has 2 aromatic rings. The molecule has 1 aliphatic rings. The number of H-pyrrole nitrogens is 1. The van der Waals surface area contributed by atoms with Crippen molar-refractivity contribution >= 4 is 22.2 Å². The SMILES string of the molecule is Cc1ccc(S(=O)(=O)N2CCCC[C@@H]2c2c[nH]c(=S)cc2C)cc1. The van der Waals surface area contributed by atoms with E-state index in [4.69, 9.17) is 12.2 Å². The first kappa shape index (κ1) is 17.3. The van der Waals surface area contributed by atoms with Gasteiger partial charge in [0.05, 0.1) is 10.9 Å². The first-order valence-corrected chi connectivity index (χ1v) is 10.0. The third kappa shape index (κ3) is 3.31. The molecule has 1 aromatic heterocycles. The Balaban J connectivity index is 2.03. The second-order valence-electron chi connectivity index (χ2n) is 6.38. The summed E-state index contributed by atoms with van der Waals surface area (Å²) >= 11 is 5.16. The Morgan fingerprint density at radius 2 is 1.88 bits per heavy atom. The number of nitrogens with zero attached hydrogens (tertiary/aromatic N) is 1. The monoisotopic (exact) mass is 362 g/mol. The summed E-state index contributed by atoms with van der Waals surface area (Å²) in [5.41, 5.74) is 3.10. The molecule has 24 heavy (non-hydrogen) atoms. The molecule has 1 aliphatic heterocycles. The summed E-state index contributed by atoms with van der Waals surface area (Å²) in [6, 6.07) is 8.84. The lowest BCUT2D eigenvalue weighted by molar-refractivity contribution is 0.255. The minimum atomic E-state index is -3.51. The molecule has 128 valence electrons. The lowest BCUT2D eigenvalue weighted by atomic mass is 9.96. The van der Waals surface area contributed by atoms with Crippen LogP contribution >= 0.6 is 12.2 Å². The van der Waals surface area contributed by atoms with Crippen molar-refractivity contribution in [2.45, 2.75) is 44.0 Å². The Hall–Kier alpha value is -1.50. The number of benzene rings is 1. The van der Waals surface area contributed by atoms with Gasteiger partial charge >= 0.3 is 0 Å². The topological polar surface area (TPSA) is 53.2 Å². The quantitative estimate of drug-likeness (QED) is 0.829. The van der Waals surface area contributed by atoms with Crippen molar-refractivity contribution in [3.8, 4) is 0 Å². The van der Waals surface area contributed by atoms with Gasteiger partial charge in [-0.2, -0.15) is 4.31 Å². The summed E-state index contributed by atoms with van der Waals surface area (Å²) in [5, 5.41) is 0. The summed E-state index contributed by atoms with van der Waals surface area (Å²) in [4.78, 5) is 3.41. The fraction of sp³-hybridized carbons (Fsp3) is 0.389. The van der Waals surface area contributed by atoms with Crippen LogP contribution in [0.2, 0.25) is 0 Å². The first-order valence-electron chi connectivity index (χ1n) is 8.17. The van der Waals surface area contributed by atoms with Crippen molar-refractivity contribution in [3.05, 3.63) is 57.9 Å². The predicted octanol–water partition coefficient (Wildman–Crippen LogP) is 4.28. The summed E-state index contributed by atoms with van der Waals surface area (Å²) < 4.78 is 28.6. The van der Waals surface area contributed by atoms with Crippen LogP contribution in [-0.4, -0.2) is 24.3 Å². The minimum Gasteiger partial charge on any atom is -0.353 e. The van der Waals surface area contributed by atoms with Crippen molar-refractivity contribution in [1.29, 1.82) is 0 Å². The molecule has 3 rings (SSSR count).